The number of rotatable bonds is 7. The lowest BCUT2D eigenvalue weighted by Gasteiger charge is -2.42. The molecule has 4 heteroatoms. The van der Waals surface area contributed by atoms with Gasteiger partial charge in [0.1, 0.15) is 5.75 Å². The van der Waals surface area contributed by atoms with Crippen LogP contribution in [0.5, 0.6) is 5.75 Å². The highest BCUT2D eigenvalue weighted by Gasteiger charge is 2.36. The van der Waals surface area contributed by atoms with E-state index in [2.05, 4.69) is 58.7 Å². The summed E-state index contributed by atoms with van der Waals surface area (Å²) in [6, 6.07) is 20.6. The Hall–Kier alpha value is -1.88. The first-order valence-corrected chi connectivity index (χ1v) is 11.6. The summed E-state index contributed by atoms with van der Waals surface area (Å²) >= 11 is 0. The Bertz CT molecular complexity index is 778. The van der Waals surface area contributed by atoms with E-state index in [-0.39, 0.29) is 5.41 Å². The molecule has 1 saturated heterocycles. The van der Waals surface area contributed by atoms with Crippen molar-refractivity contribution in [1.82, 2.24) is 10.2 Å². The summed E-state index contributed by atoms with van der Waals surface area (Å²) in [7, 11) is 1.74. The van der Waals surface area contributed by atoms with Crippen LogP contribution in [0.2, 0.25) is 0 Å². The van der Waals surface area contributed by atoms with Crippen molar-refractivity contribution in [3.05, 3.63) is 65.7 Å². The average Bonchev–Trinajstić information content (AvgIpc) is 2.82. The van der Waals surface area contributed by atoms with Crippen molar-refractivity contribution >= 4 is 0 Å². The molecule has 162 valence electrons. The SMILES string of the molecule is COc1cccc([C@]2(CN)CC[C@H](NC3CCN(Cc4ccccc4)CC3)CC2)c1. The maximum Gasteiger partial charge on any atom is 0.119 e. The third kappa shape index (κ3) is 5.05. The number of benzene rings is 2. The topological polar surface area (TPSA) is 50.5 Å². The molecule has 2 aromatic rings. The van der Waals surface area contributed by atoms with Crippen molar-refractivity contribution in [1.29, 1.82) is 0 Å². The van der Waals surface area contributed by atoms with E-state index in [1.54, 1.807) is 7.11 Å². The fourth-order valence-corrected chi connectivity index (χ4v) is 5.33. The average molecular weight is 408 g/mol. The largest absolute Gasteiger partial charge is 0.497 e. The summed E-state index contributed by atoms with van der Waals surface area (Å²) in [5.74, 6) is 0.933. The van der Waals surface area contributed by atoms with Crippen LogP contribution in [0.25, 0.3) is 0 Å². The summed E-state index contributed by atoms with van der Waals surface area (Å²) in [6.07, 6.45) is 7.22. The molecule has 4 rings (SSSR count). The molecule has 30 heavy (non-hydrogen) atoms. The number of hydrogen-bond donors (Lipinski definition) is 2. The Kier molecular flexibility index (Phi) is 7.08. The van der Waals surface area contributed by atoms with Gasteiger partial charge >= 0.3 is 0 Å². The summed E-state index contributed by atoms with van der Waals surface area (Å²) in [4.78, 5) is 2.59. The number of nitrogens with one attached hydrogen (secondary N) is 1. The monoisotopic (exact) mass is 407 g/mol. The van der Waals surface area contributed by atoms with Crippen LogP contribution in [-0.2, 0) is 12.0 Å². The smallest absolute Gasteiger partial charge is 0.119 e. The van der Waals surface area contributed by atoms with Crippen molar-refractivity contribution in [3.63, 3.8) is 0 Å². The van der Waals surface area contributed by atoms with Gasteiger partial charge in [-0.25, -0.2) is 0 Å². The van der Waals surface area contributed by atoms with Gasteiger partial charge in [-0.1, -0.05) is 42.5 Å². The second-order valence-corrected chi connectivity index (χ2v) is 9.19. The Morgan fingerprint density at radius 3 is 2.33 bits per heavy atom. The van der Waals surface area contributed by atoms with Gasteiger partial charge in [-0.15, -0.1) is 0 Å². The molecular weight excluding hydrogens is 370 g/mol. The van der Waals surface area contributed by atoms with Crippen molar-refractivity contribution in [2.45, 2.75) is 62.6 Å². The van der Waals surface area contributed by atoms with Gasteiger partial charge in [0.2, 0.25) is 0 Å². The highest BCUT2D eigenvalue weighted by Crippen LogP contribution is 2.40. The number of nitrogens with two attached hydrogens (primary N) is 1. The zero-order chi connectivity index (χ0) is 20.8. The van der Waals surface area contributed by atoms with E-state index >= 15 is 0 Å². The molecule has 0 radical (unpaired) electrons. The van der Waals surface area contributed by atoms with Crippen LogP contribution in [-0.4, -0.2) is 43.7 Å². The molecule has 2 fully saturated rings. The summed E-state index contributed by atoms with van der Waals surface area (Å²) < 4.78 is 5.45. The first kappa shape index (κ1) is 21.4. The molecule has 2 aromatic carbocycles. The molecule has 1 aliphatic heterocycles. The highest BCUT2D eigenvalue weighted by molar-refractivity contribution is 5.35. The Morgan fingerprint density at radius 2 is 1.67 bits per heavy atom. The minimum Gasteiger partial charge on any atom is -0.497 e. The molecule has 0 bridgehead atoms. The molecule has 1 saturated carbocycles. The van der Waals surface area contributed by atoms with Crippen LogP contribution in [0.4, 0.5) is 0 Å². The molecule has 0 unspecified atom stereocenters. The molecular formula is C26H37N3O. The third-order valence-electron chi connectivity index (χ3n) is 7.32. The quantitative estimate of drug-likeness (QED) is 0.726. The third-order valence-corrected chi connectivity index (χ3v) is 7.32. The van der Waals surface area contributed by atoms with Gasteiger partial charge in [0, 0.05) is 30.6 Å². The molecule has 0 aromatic heterocycles. The predicted molar refractivity (Wildman–Crippen MR) is 124 cm³/mol. The molecule has 2 aliphatic rings. The van der Waals surface area contributed by atoms with Crippen LogP contribution in [0.15, 0.2) is 54.6 Å². The van der Waals surface area contributed by atoms with Crippen LogP contribution in [0.3, 0.4) is 0 Å². The molecule has 3 N–H and O–H groups in total. The molecule has 1 aliphatic carbocycles. The molecule has 1 heterocycles. The predicted octanol–water partition coefficient (Wildman–Crippen LogP) is 4.09. The highest BCUT2D eigenvalue weighted by atomic mass is 16.5. The number of nitrogens with zero attached hydrogens (tertiary/aromatic N) is 1. The van der Waals surface area contributed by atoms with E-state index in [4.69, 9.17) is 10.5 Å². The van der Waals surface area contributed by atoms with Gasteiger partial charge in [-0.2, -0.15) is 0 Å². The number of piperidine rings is 1. The summed E-state index contributed by atoms with van der Waals surface area (Å²) in [6.45, 7) is 4.17. The number of methoxy groups -OCH3 is 1. The lowest BCUT2D eigenvalue weighted by Crippen LogP contribution is -2.49. The molecule has 0 atom stereocenters. The minimum atomic E-state index is 0.103. The van der Waals surface area contributed by atoms with Crippen molar-refractivity contribution in [2.75, 3.05) is 26.7 Å². The van der Waals surface area contributed by atoms with E-state index in [1.165, 1.54) is 49.9 Å². The first-order valence-electron chi connectivity index (χ1n) is 11.6. The fourth-order valence-electron chi connectivity index (χ4n) is 5.33. The van der Waals surface area contributed by atoms with Gasteiger partial charge in [-0.05, 0) is 74.9 Å². The van der Waals surface area contributed by atoms with Crippen LogP contribution >= 0.6 is 0 Å². The maximum absolute atomic E-state index is 6.30. The summed E-state index contributed by atoms with van der Waals surface area (Å²) in [5.41, 5.74) is 9.17. The van der Waals surface area contributed by atoms with E-state index in [1.807, 2.05) is 6.07 Å². The number of ether oxygens (including phenoxy) is 1. The zero-order valence-corrected chi connectivity index (χ0v) is 18.4. The lowest BCUT2D eigenvalue weighted by atomic mass is 9.68. The van der Waals surface area contributed by atoms with Crippen LogP contribution < -0.4 is 15.8 Å². The van der Waals surface area contributed by atoms with E-state index in [0.717, 1.165) is 25.1 Å². The summed E-state index contributed by atoms with van der Waals surface area (Å²) in [5, 5.41) is 3.99. The number of likely N-dealkylation sites (tertiary alicyclic amines) is 1. The van der Waals surface area contributed by atoms with Crippen molar-refractivity contribution in [3.8, 4) is 5.75 Å². The Balaban J connectivity index is 1.26. The zero-order valence-electron chi connectivity index (χ0n) is 18.4. The Labute approximate surface area is 181 Å². The lowest BCUT2D eigenvalue weighted by molar-refractivity contribution is 0.168. The van der Waals surface area contributed by atoms with E-state index in [0.29, 0.717) is 18.6 Å². The Morgan fingerprint density at radius 1 is 0.967 bits per heavy atom. The van der Waals surface area contributed by atoms with E-state index in [9.17, 15) is 0 Å². The van der Waals surface area contributed by atoms with Gasteiger partial charge in [-0.3, -0.25) is 4.90 Å². The van der Waals surface area contributed by atoms with Crippen molar-refractivity contribution in [2.24, 2.45) is 5.73 Å². The van der Waals surface area contributed by atoms with Crippen LogP contribution in [0.1, 0.15) is 49.7 Å². The van der Waals surface area contributed by atoms with Crippen LogP contribution in [0, 0.1) is 0 Å². The van der Waals surface area contributed by atoms with E-state index < -0.39 is 0 Å². The van der Waals surface area contributed by atoms with Gasteiger partial charge in [0.05, 0.1) is 7.11 Å². The van der Waals surface area contributed by atoms with Crippen molar-refractivity contribution < 1.29 is 4.74 Å². The minimum absolute atomic E-state index is 0.103. The molecule has 4 nitrogen and oxygen atoms in total. The number of hydrogen-bond acceptors (Lipinski definition) is 4. The second-order valence-electron chi connectivity index (χ2n) is 9.19. The standard InChI is InChI=1S/C26H37N3O/c1-30-25-9-5-8-22(18-25)26(20-27)14-10-23(11-15-26)28-24-12-16-29(17-13-24)19-21-6-3-2-4-7-21/h2-9,18,23-24,28H,10-17,19-20,27H2,1H3/t23-,26+. The van der Waals surface area contributed by atoms with Gasteiger partial charge in [0.15, 0.2) is 0 Å². The normalized spacial score (nSPS) is 25.9. The maximum atomic E-state index is 6.30. The molecule has 0 spiro atoms. The first-order chi connectivity index (χ1) is 14.7. The molecule has 0 amide bonds. The van der Waals surface area contributed by atoms with Gasteiger partial charge in [0.25, 0.3) is 0 Å². The second kappa shape index (κ2) is 9.95. The fraction of sp³-hybridized carbons (Fsp3) is 0.538. The van der Waals surface area contributed by atoms with Gasteiger partial charge < -0.3 is 15.8 Å².